The second kappa shape index (κ2) is 6.54. The molecule has 1 heterocycles. The van der Waals surface area contributed by atoms with Gasteiger partial charge in [0.1, 0.15) is 17.2 Å². The van der Waals surface area contributed by atoms with Crippen molar-refractivity contribution in [1.29, 1.82) is 0 Å². The lowest BCUT2D eigenvalue weighted by Gasteiger charge is -2.09. The Balaban J connectivity index is 1.77. The number of carbonyl (C=O) groups is 1. The van der Waals surface area contributed by atoms with Gasteiger partial charge in [-0.2, -0.15) is 15.4 Å². The largest absolute Gasteiger partial charge is 0.457 e. The van der Waals surface area contributed by atoms with Crippen LogP contribution in [0.15, 0.2) is 48.5 Å². The highest BCUT2D eigenvalue weighted by Crippen LogP contribution is 2.27. The minimum absolute atomic E-state index is 0.118. The van der Waals surface area contributed by atoms with Crippen LogP contribution in [0, 0.1) is 0 Å². The number of aromatic amines is 1. The van der Waals surface area contributed by atoms with Gasteiger partial charge in [-0.15, -0.1) is 0 Å². The number of nitrogens with one attached hydrogen (secondary N) is 1. The molecule has 0 unspecified atom stereocenters. The van der Waals surface area contributed by atoms with Gasteiger partial charge in [-0.1, -0.05) is 26.0 Å². The quantitative estimate of drug-likeness (QED) is 0.752. The van der Waals surface area contributed by atoms with Gasteiger partial charge in [-0.3, -0.25) is 4.79 Å². The van der Waals surface area contributed by atoms with Crippen LogP contribution in [0.1, 0.15) is 35.8 Å². The smallest absolute Gasteiger partial charge is 0.271 e. The first kappa shape index (κ1) is 15.7. The number of hydrogen-bond donors (Lipinski definition) is 2. The third kappa shape index (κ3) is 3.27. The number of nitrogens with zero attached hydrogens (tertiary/aromatic N) is 2. The van der Waals surface area contributed by atoms with E-state index in [1.54, 1.807) is 0 Å². The van der Waals surface area contributed by atoms with Gasteiger partial charge in [0.25, 0.3) is 5.91 Å². The molecule has 0 saturated heterocycles. The van der Waals surface area contributed by atoms with E-state index in [9.17, 15) is 4.79 Å². The Morgan fingerprint density at radius 3 is 2.12 bits per heavy atom. The van der Waals surface area contributed by atoms with Crippen LogP contribution in [-0.2, 0) is 0 Å². The van der Waals surface area contributed by atoms with Crippen molar-refractivity contribution >= 4 is 5.91 Å². The zero-order valence-corrected chi connectivity index (χ0v) is 13.5. The van der Waals surface area contributed by atoms with Gasteiger partial charge in [-0.25, -0.2) is 0 Å². The highest BCUT2D eigenvalue weighted by molar-refractivity contribution is 5.96. The van der Waals surface area contributed by atoms with Crippen molar-refractivity contribution in [1.82, 2.24) is 15.4 Å². The predicted molar refractivity (Wildman–Crippen MR) is 90.9 cm³/mol. The molecule has 0 spiro atoms. The summed E-state index contributed by atoms with van der Waals surface area (Å²) in [5.74, 6) is 1.33. The summed E-state index contributed by atoms with van der Waals surface area (Å²) in [6.45, 7) is 4.30. The first-order chi connectivity index (χ1) is 11.5. The van der Waals surface area contributed by atoms with Gasteiger partial charge in [0, 0.05) is 5.56 Å². The van der Waals surface area contributed by atoms with Crippen molar-refractivity contribution in [3.63, 3.8) is 0 Å². The molecule has 2 aromatic carbocycles. The molecule has 0 fully saturated rings. The van der Waals surface area contributed by atoms with Gasteiger partial charge < -0.3 is 10.5 Å². The molecule has 0 radical (unpaired) electrons. The number of ether oxygens (including phenoxy) is 1. The molecule has 6 nitrogen and oxygen atoms in total. The summed E-state index contributed by atoms with van der Waals surface area (Å²) in [6, 6.07) is 15.3. The van der Waals surface area contributed by atoms with Crippen LogP contribution < -0.4 is 10.5 Å². The summed E-state index contributed by atoms with van der Waals surface area (Å²) in [4.78, 5) is 11.3. The van der Waals surface area contributed by atoms with Crippen molar-refractivity contribution in [3.05, 3.63) is 59.8 Å². The van der Waals surface area contributed by atoms with Crippen molar-refractivity contribution in [2.45, 2.75) is 19.8 Å². The Kier molecular flexibility index (Phi) is 4.29. The van der Waals surface area contributed by atoms with E-state index in [1.807, 2.05) is 36.4 Å². The molecule has 6 heteroatoms. The number of aromatic nitrogens is 3. The van der Waals surface area contributed by atoms with E-state index in [0.29, 0.717) is 17.4 Å². The number of hydrogen-bond acceptors (Lipinski definition) is 4. The van der Waals surface area contributed by atoms with Crippen molar-refractivity contribution in [3.8, 4) is 22.8 Å². The van der Waals surface area contributed by atoms with E-state index in [4.69, 9.17) is 10.5 Å². The summed E-state index contributed by atoms with van der Waals surface area (Å²) in [7, 11) is 0. The minimum atomic E-state index is -0.621. The molecule has 1 aromatic heterocycles. The number of rotatable bonds is 5. The minimum Gasteiger partial charge on any atom is -0.457 e. The van der Waals surface area contributed by atoms with E-state index in [-0.39, 0.29) is 5.69 Å². The van der Waals surface area contributed by atoms with E-state index in [0.717, 1.165) is 11.3 Å². The second-order valence-corrected chi connectivity index (χ2v) is 5.74. The maximum absolute atomic E-state index is 11.3. The van der Waals surface area contributed by atoms with E-state index >= 15 is 0 Å². The van der Waals surface area contributed by atoms with Gasteiger partial charge in [-0.05, 0) is 47.9 Å². The van der Waals surface area contributed by atoms with Gasteiger partial charge in [0.2, 0.25) is 0 Å². The number of H-pyrrole nitrogens is 1. The Morgan fingerprint density at radius 2 is 1.58 bits per heavy atom. The van der Waals surface area contributed by atoms with Crippen LogP contribution in [0.2, 0.25) is 0 Å². The third-order valence-corrected chi connectivity index (χ3v) is 3.69. The summed E-state index contributed by atoms with van der Waals surface area (Å²) >= 11 is 0. The third-order valence-electron chi connectivity index (χ3n) is 3.69. The fourth-order valence-electron chi connectivity index (χ4n) is 2.34. The average Bonchev–Trinajstić information content (AvgIpc) is 3.06. The van der Waals surface area contributed by atoms with Crippen LogP contribution in [-0.4, -0.2) is 21.3 Å². The summed E-state index contributed by atoms with van der Waals surface area (Å²) < 4.78 is 5.83. The molecule has 3 aromatic rings. The molecule has 0 bridgehead atoms. The molecule has 0 atom stereocenters. The van der Waals surface area contributed by atoms with E-state index in [2.05, 4.69) is 41.4 Å². The Labute approximate surface area is 139 Å². The number of benzene rings is 2. The highest BCUT2D eigenvalue weighted by atomic mass is 16.5. The topological polar surface area (TPSA) is 93.9 Å². The maximum Gasteiger partial charge on any atom is 0.271 e. The highest BCUT2D eigenvalue weighted by Gasteiger charge is 2.15. The average molecular weight is 322 g/mol. The first-order valence-electron chi connectivity index (χ1n) is 7.63. The molecule has 0 aliphatic rings. The molecule has 3 rings (SSSR count). The SMILES string of the molecule is CC(C)c1ccc(Oc2ccc(-c3n[nH]nc3C(N)=O)cc2)cc1. The van der Waals surface area contributed by atoms with Crippen LogP contribution in [0.5, 0.6) is 11.5 Å². The predicted octanol–water partition coefficient (Wildman–Crippen LogP) is 3.49. The van der Waals surface area contributed by atoms with Crippen LogP contribution in [0.3, 0.4) is 0 Å². The number of nitrogens with two attached hydrogens (primary N) is 1. The first-order valence-corrected chi connectivity index (χ1v) is 7.63. The summed E-state index contributed by atoms with van der Waals surface area (Å²) in [6.07, 6.45) is 0. The molecule has 1 amide bonds. The molecular formula is C18H18N4O2. The van der Waals surface area contributed by atoms with Gasteiger partial charge in [0.05, 0.1) is 0 Å². The Bertz CT molecular complexity index is 836. The van der Waals surface area contributed by atoms with Crippen LogP contribution in [0.25, 0.3) is 11.3 Å². The van der Waals surface area contributed by atoms with Crippen molar-refractivity contribution < 1.29 is 9.53 Å². The van der Waals surface area contributed by atoms with E-state index in [1.165, 1.54) is 5.56 Å². The van der Waals surface area contributed by atoms with Crippen molar-refractivity contribution in [2.24, 2.45) is 5.73 Å². The zero-order valence-electron chi connectivity index (χ0n) is 13.5. The molecule has 3 N–H and O–H groups in total. The molecule has 122 valence electrons. The zero-order chi connectivity index (χ0) is 17.1. The lowest BCUT2D eigenvalue weighted by atomic mass is 10.0. The number of amides is 1. The standard InChI is InChI=1S/C18H18N4O2/c1-11(2)12-3-7-14(8-4-12)24-15-9-5-13(6-10-15)16-17(18(19)23)21-22-20-16/h3-11H,1-2H3,(H2,19,23)(H,20,21,22). The van der Waals surface area contributed by atoms with Crippen molar-refractivity contribution in [2.75, 3.05) is 0 Å². The molecule has 0 aliphatic heterocycles. The van der Waals surface area contributed by atoms with E-state index < -0.39 is 5.91 Å². The summed E-state index contributed by atoms with van der Waals surface area (Å²) in [5, 5.41) is 10.1. The lowest BCUT2D eigenvalue weighted by Crippen LogP contribution is -2.12. The molecule has 0 saturated carbocycles. The van der Waals surface area contributed by atoms with Crippen LogP contribution in [0.4, 0.5) is 0 Å². The molecular weight excluding hydrogens is 304 g/mol. The molecule has 24 heavy (non-hydrogen) atoms. The Morgan fingerprint density at radius 1 is 1.00 bits per heavy atom. The normalized spacial score (nSPS) is 10.8. The second-order valence-electron chi connectivity index (χ2n) is 5.74. The van der Waals surface area contributed by atoms with Crippen LogP contribution >= 0.6 is 0 Å². The summed E-state index contributed by atoms with van der Waals surface area (Å²) in [5.41, 5.74) is 7.82. The monoisotopic (exact) mass is 322 g/mol. The lowest BCUT2D eigenvalue weighted by molar-refractivity contribution is 0.0996. The fraction of sp³-hybridized carbons (Fsp3) is 0.167. The number of carbonyl (C=O) groups excluding carboxylic acids is 1. The molecule has 0 aliphatic carbocycles. The fourth-order valence-corrected chi connectivity index (χ4v) is 2.34. The van der Waals surface area contributed by atoms with Gasteiger partial charge in [0.15, 0.2) is 5.69 Å². The maximum atomic E-state index is 11.3. The number of primary amides is 1. The Hall–Kier alpha value is -3.15. The van der Waals surface area contributed by atoms with Gasteiger partial charge >= 0.3 is 0 Å².